The summed E-state index contributed by atoms with van der Waals surface area (Å²) in [6, 6.07) is 3.17. The molecule has 0 spiro atoms. The predicted molar refractivity (Wildman–Crippen MR) is 71.7 cm³/mol. The lowest BCUT2D eigenvalue weighted by atomic mass is 10.3. The van der Waals surface area contributed by atoms with Gasteiger partial charge in [-0.2, -0.15) is 4.31 Å². The van der Waals surface area contributed by atoms with Crippen LogP contribution in [0.1, 0.15) is 13.8 Å². The van der Waals surface area contributed by atoms with Gasteiger partial charge < -0.3 is 10.5 Å². The Balaban J connectivity index is 3.15. The Hall–Kier alpha value is -1.18. The van der Waals surface area contributed by atoms with Crippen LogP contribution in [0.2, 0.25) is 0 Å². The predicted octanol–water partition coefficient (Wildman–Crippen LogP) is 1.45. The topological polar surface area (TPSA) is 72.6 Å². The third kappa shape index (κ3) is 3.65. The lowest BCUT2D eigenvalue weighted by Gasteiger charge is -2.25. The molecule has 7 heteroatoms. The lowest BCUT2D eigenvalue weighted by Crippen LogP contribution is -2.39. The second kappa shape index (κ2) is 6.31. The molecule has 0 aromatic heterocycles. The van der Waals surface area contributed by atoms with Crippen molar-refractivity contribution >= 4 is 15.7 Å². The zero-order valence-electron chi connectivity index (χ0n) is 11.3. The first-order chi connectivity index (χ1) is 8.80. The number of nitrogens with zero attached hydrogens (tertiary/aromatic N) is 1. The maximum absolute atomic E-state index is 13.1. The summed E-state index contributed by atoms with van der Waals surface area (Å²) < 4.78 is 44.2. The van der Waals surface area contributed by atoms with E-state index in [9.17, 15) is 12.8 Å². The summed E-state index contributed by atoms with van der Waals surface area (Å²) in [5.74, 6) is -0.632. The van der Waals surface area contributed by atoms with E-state index in [4.69, 9.17) is 10.5 Å². The van der Waals surface area contributed by atoms with Gasteiger partial charge in [-0.25, -0.2) is 12.8 Å². The highest BCUT2D eigenvalue weighted by atomic mass is 32.2. The van der Waals surface area contributed by atoms with Gasteiger partial charge in [0.15, 0.2) is 0 Å². The molecular formula is C12H19FN2O3S. The van der Waals surface area contributed by atoms with Gasteiger partial charge in [-0.15, -0.1) is 0 Å². The van der Waals surface area contributed by atoms with Crippen LogP contribution in [0.25, 0.3) is 0 Å². The number of hydrogen-bond donors (Lipinski definition) is 1. The number of methoxy groups -OCH3 is 1. The van der Waals surface area contributed by atoms with Gasteiger partial charge >= 0.3 is 0 Å². The van der Waals surface area contributed by atoms with E-state index in [1.165, 1.54) is 17.5 Å². The highest BCUT2D eigenvalue weighted by Gasteiger charge is 2.27. The summed E-state index contributed by atoms with van der Waals surface area (Å²) in [6.07, 6.45) is 0. The fraction of sp³-hybridized carbons (Fsp3) is 0.500. The SMILES string of the molecule is COCCN(C(C)C)S(=O)(=O)c1ccc(F)c(N)c1. The Morgan fingerprint density at radius 1 is 1.42 bits per heavy atom. The summed E-state index contributed by atoms with van der Waals surface area (Å²) in [6.45, 7) is 4.04. The van der Waals surface area contributed by atoms with Crippen LogP contribution in [-0.4, -0.2) is 39.0 Å². The van der Waals surface area contributed by atoms with E-state index < -0.39 is 15.8 Å². The zero-order valence-corrected chi connectivity index (χ0v) is 12.1. The minimum atomic E-state index is -3.71. The number of anilines is 1. The molecule has 0 radical (unpaired) electrons. The zero-order chi connectivity index (χ0) is 14.6. The monoisotopic (exact) mass is 290 g/mol. The summed E-state index contributed by atoms with van der Waals surface area (Å²) in [7, 11) is -2.20. The van der Waals surface area contributed by atoms with E-state index in [-0.39, 0.29) is 29.8 Å². The molecule has 0 atom stereocenters. The molecule has 1 rings (SSSR count). The molecule has 0 fully saturated rings. The van der Waals surface area contributed by atoms with Gasteiger partial charge in [0, 0.05) is 19.7 Å². The van der Waals surface area contributed by atoms with Crippen molar-refractivity contribution in [2.24, 2.45) is 0 Å². The minimum absolute atomic E-state index is 0.0174. The van der Waals surface area contributed by atoms with Crippen LogP contribution in [-0.2, 0) is 14.8 Å². The molecule has 19 heavy (non-hydrogen) atoms. The van der Waals surface area contributed by atoms with Crippen molar-refractivity contribution in [1.29, 1.82) is 0 Å². The Morgan fingerprint density at radius 2 is 2.05 bits per heavy atom. The Morgan fingerprint density at radius 3 is 2.53 bits per heavy atom. The Bertz CT molecular complexity index is 532. The smallest absolute Gasteiger partial charge is 0.243 e. The summed E-state index contributed by atoms with van der Waals surface area (Å²) >= 11 is 0. The van der Waals surface area contributed by atoms with Crippen molar-refractivity contribution in [3.63, 3.8) is 0 Å². The summed E-state index contributed by atoms with van der Waals surface area (Å²) in [5.41, 5.74) is 5.23. The molecule has 0 aliphatic heterocycles. The van der Waals surface area contributed by atoms with Crippen LogP contribution in [0.15, 0.2) is 23.1 Å². The number of nitrogens with two attached hydrogens (primary N) is 1. The number of benzene rings is 1. The first kappa shape index (κ1) is 15.9. The molecule has 1 aromatic carbocycles. The number of rotatable bonds is 6. The molecule has 2 N–H and O–H groups in total. The van der Waals surface area contributed by atoms with Crippen LogP contribution in [0, 0.1) is 5.82 Å². The van der Waals surface area contributed by atoms with Gasteiger partial charge in [0.25, 0.3) is 0 Å². The molecule has 0 unspecified atom stereocenters. The van der Waals surface area contributed by atoms with Crippen LogP contribution in [0.3, 0.4) is 0 Å². The van der Waals surface area contributed by atoms with Gasteiger partial charge in [-0.1, -0.05) is 0 Å². The van der Waals surface area contributed by atoms with Gasteiger partial charge in [-0.05, 0) is 32.0 Å². The number of nitrogen functional groups attached to an aromatic ring is 1. The lowest BCUT2D eigenvalue weighted by molar-refractivity contribution is 0.171. The molecule has 0 saturated heterocycles. The van der Waals surface area contributed by atoms with Gasteiger partial charge in [0.1, 0.15) is 5.82 Å². The molecule has 0 amide bonds. The number of hydrogen-bond acceptors (Lipinski definition) is 4. The number of sulfonamides is 1. The molecule has 0 aliphatic carbocycles. The van der Waals surface area contributed by atoms with Crippen LogP contribution >= 0.6 is 0 Å². The van der Waals surface area contributed by atoms with Crippen LogP contribution in [0.4, 0.5) is 10.1 Å². The second-order valence-corrected chi connectivity index (χ2v) is 6.28. The number of halogens is 1. The summed E-state index contributed by atoms with van der Waals surface area (Å²) in [5, 5.41) is 0. The highest BCUT2D eigenvalue weighted by Crippen LogP contribution is 2.21. The molecule has 1 aromatic rings. The third-order valence-corrected chi connectivity index (χ3v) is 4.74. The van der Waals surface area contributed by atoms with Crippen molar-refractivity contribution in [2.75, 3.05) is 26.0 Å². The van der Waals surface area contributed by atoms with Gasteiger partial charge in [0.2, 0.25) is 10.0 Å². The second-order valence-electron chi connectivity index (χ2n) is 4.39. The van der Waals surface area contributed by atoms with Crippen molar-refractivity contribution in [1.82, 2.24) is 4.31 Å². The molecule has 108 valence electrons. The highest BCUT2D eigenvalue weighted by molar-refractivity contribution is 7.89. The minimum Gasteiger partial charge on any atom is -0.396 e. The van der Waals surface area contributed by atoms with E-state index in [2.05, 4.69) is 0 Å². The Labute approximate surface area is 113 Å². The van der Waals surface area contributed by atoms with Crippen molar-refractivity contribution in [2.45, 2.75) is 24.8 Å². The van der Waals surface area contributed by atoms with E-state index in [1.54, 1.807) is 13.8 Å². The van der Waals surface area contributed by atoms with Crippen LogP contribution in [0.5, 0.6) is 0 Å². The molecule has 0 aliphatic rings. The largest absolute Gasteiger partial charge is 0.396 e. The van der Waals surface area contributed by atoms with E-state index in [0.717, 1.165) is 12.1 Å². The van der Waals surface area contributed by atoms with Crippen molar-refractivity contribution in [3.05, 3.63) is 24.0 Å². The van der Waals surface area contributed by atoms with E-state index >= 15 is 0 Å². The van der Waals surface area contributed by atoms with E-state index in [1.807, 2.05) is 0 Å². The quantitative estimate of drug-likeness (QED) is 0.805. The van der Waals surface area contributed by atoms with Gasteiger partial charge in [0.05, 0.1) is 17.2 Å². The molecule has 0 bridgehead atoms. The van der Waals surface area contributed by atoms with E-state index in [0.29, 0.717) is 0 Å². The molecule has 0 saturated carbocycles. The average Bonchev–Trinajstić information content (AvgIpc) is 2.32. The van der Waals surface area contributed by atoms with Crippen LogP contribution < -0.4 is 5.73 Å². The first-order valence-corrected chi connectivity index (χ1v) is 7.30. The van der Waals surface area contributed by atoms with Crippen molar-refractivity contribution < 1.29 is 17.5 Å². The van der Waals surface area contributed by atoms with Gasteiger partial charge in [-0.3, -0.25) is 0 Å². The maximum atomic E-state index is 13.1. The molecule has 0 heterocycles. The first-order valence-electron chi connectivity index (χ1n) is 5.86. The fourth-order valence-electron chi connectivity index (χ4n) is 1.65. The number of ether oxygens (including phenoxy) is 1. The Kier molecular flexibility index (Phi) is 5.28. The molecule has 5 nitrogen and oxygen atoms in total. The van der Waals surface area contributed by atoms with Crippen molar-refractivity contribution in [3.8, 4) is 0 Å². The maximum Gasteiger partial charge on any atom is 0.243 e. The average molecular weight is 290 g/mol. The normalized spacial score (nSPS) is 12.3. The fourth-order valence-corrected chi connectivity index (χ4v) is 3.31. The third-order valence-electron chi connectivity index (χ3n) is 2.67. The standard InChI is InChI=1S/C12H19FN2O3S/c1-9(2)15(6-7-18-3)19(16,17)10-4-5-11(13)12(14)8-10/h4-5,8-9H,6-7,14H2,1-3H3. The summed E-state index contributed by atoms with van der Waals surface area (Å²) in [4.78, 5) is -0.0174. The molecular weight excluding hydrogens is 271 g/mol.